The van der Waals surface area contributed by atoms with Crippen LogP contribution in [0.2, 0.25) is 0 Å². The van der Waals surface area contributed by atoms with Crippen LogP contribution >= 0.6 is 0 Å². The first-order valence-corrected chi connectivity index (χ1v) is 7.46. The van der Waals surface area contributed by atoms with Crippen LogP contribution in [0.25, 0.3) is 0 Å². The van der Waals surface area contributed by atoms with E-state index in [2.05, 4.69) is 23.3 Å². The highest BCUT2D eigenvalue weighted by Crippen LogP contribution is 2.34. The van der Waals surface area contributed by atoms with Crippen molar-refractivity contribution in [3.63, 3.8) is 0 Å². The van der Waals surface area contributed by atoms with Crippen LogP contribution in [-0.2, 0) is 0 Å². The SMILES string of the molecule is CN1C2CCCC1CC(Nc1cccc(C#N)c1N)C2. The van der Waals surface area contributed by atoms with Crippen LogP contribution in [0.4, 0.5) is 11.4 Å². The van der Waals surface area contributed by atoms with Gasteiger partial charge in [-0.3, -0.25) is 0 Å². The Morgan fingerprint density at radius 3 is 2.65 bits per heavy atom. The molecule has 20 heavy (non-hydrogen) atoms. The van der Waals surface area contributed by atoms with Crippen molar-refractivity contribution in [3.8, 4) is 6.07 Å². The lowest BCUT2D eigenvalue weighted by Gasteiger charge is -2.47. The summed E-state index contributed by atoms with van der Waals surface area (Å²) in [6.07, 6.45) is 6.31. The Morgan fingerprint density at radius 2 is 2.00 bits per heavy atom. The maximum Gasteiger partial charge on any atom is 0.101 e. The van der Waals surface area contributed by atoms with Gasteiger partial charge in [0.05, 0.1) is 16.9 Å². The quantitative estimate of drug-likeness (QED) is 0.811. The summed E-state index contributed by atoms with van der Waals surface area (Å²) in [5, 5.41) is 12.6. The molecule has 0 radical (unpaired) electrons. The van der Waals surface area contributed by atoms with Gasteiger partial charge in [-0.2, -0.15) is 5.26 Å². The summed E-state index contributed by atoms with van der Waals surface area (Å²) in [5.41, 5.74) is 8.11. The molecule has 2 fully saturated rings. The normalized spacial score (nSPS) is 29.7. The third kappa shape index (κ3) is 2.34. The Labute approximate surface area is 120 Å². The Morgan fingerprint density at radius 1 is 1.30 bits per heavy atom. The van der Waals surface area contributed by atoms with Gasteiger partial charge in [-0.05, 0) is 44.9 Å². The number of nitrogens with two attached hydrogens (primary N) is 1. The number of fused-ring (bicyclic) bond motifs is 2. The first-order chi connectivity index (χ1) is 9.69. The van der Waals surface area contributed by atoms with Crippen molar-refractivity contribution >= 4 is 11.4 Å². The van der Waals surface area contributed by atoms with Crippen molar-refractivity contribution in [2.24, 2.45) is 0 Å². The molecule has 1 aromatic carbocycles. The molecule has 2 aliphatic rings. The second kappa shape index (κ2) is 5.34. The van der Waals surface area contributed by atoms with Gasteiger partial charge in [-0.15, -0.1) is 0 Å². The minimum atomic E-state index is 0.470. The van der Waals surface area contributed by atoms with Crippen molar-refractivity contribution in [2.75, 3.05) is 18.1 Å². The highest BCUT2D eigenvalue weighted by molar-refractivity contribution is 5.73. The van der Waals surface area contributed by atoms with Crippen LogP contribution in [-0.4, -0.2) is 30.1 Å². The molecule has 1 aromatic rings. The lowest BCUT2D eigenvalue weighted by atomic mass is 9.82. The summed E-state index contributed by atoms with van der Waals surface area (Å²) >= 11 is 0. The van der Waals surface area contributed by atoms with E-state index in [1.807, 2.05) is 12.1 Å². The largest absolute Gasteiger partial charge is 0.396 e. The molecule has 0 aromatic heterocycles. The average molecular weight is 270 g/mol. The van der Waals surface area contributed by atoms with Gasteiger partial charge in [0.2, 0.25) is 0 Å². The molecule has 0 spiro atoms. The Kier molecular flexibility index (Phi) is 3.54. The molecular formula is C16H22N4. The summed E-state index contributed by atoms with van der Waals surface area (Å²) in [7, 11) is 2.26. The molecule has 4 nitrogen and oxygen atoms in total. The van der Waals surface area contributed by atoms with Gasteiger partial charge in [0.25, 0.3) is 0 Å². The topological polar surface area (TPSA) is 65.1 Å². The van der Waals surface area contributed by atoms with Crippen molar-refractivity contribution < 1.29 is 0 Å². The molecule has 2 bridgehead atoms. The molecule has 106 valence electrons. The van der Waals surface area contributed by atoms with E-state index in [0.29, 0.717) is 29.4 Å². The van der Waals surface area contributed by atoms with Gasteiger partial charge in [0.15, 0.2) is 0 Å². The predicted octanol–water partition coefficient (Wildman–Crippen LogP) is 2.57. The average Bonchev–Trinajstić information content (AvgIpc) is 2.42. The van der Waals surface area contributed by atoms with Crippen LogP contribution in [0.1, 0.15) is 37.7 Å². The van der Waals surface area contributed by atoms with Crippen molar-refractivity contribution in [1.82, 2.24) is 4.90 Å². The molecule has 3 rings (SSSR count). The fraction of sp³-hybridized carbons (Fsp3) is 0.562. The van der Waals surface area contributed by atoms with E-state index in [1.54, 1.807) is 6.07 Å². The molecule has 0 saturated carbocycles. The number of nitriles is 1. The molecule has 4 heteroatoms. The van der Waals surface area contributed by atoms with Gasteiger partial charge in [0, 0.05) is 18.1 Å². The Hall–Kier alpha value is -1.73. The number of anilines is 2. The van der Waals surface area contributed by atoms with E-state index in [0.717, 1.165) is 5.69 Å². The minimum Gasteiger partial charge on any atom is -0.396 e. The Bertz CT molecular complexity index is 520. The molecule has 2 unspecified atom stereocenters. The minimum absolute atomic E-state index is 0.470. The Balaban J connectivity index is 1.75. The summed E-state index contributed by atoms with van der Waals surface area (Å²) in [5.74, 6) is 0. The van der Waals surface area contributed by atoms with E-state index in [4.69, 9.17) is 11.0 Å². The number of hydrogen-bond donors (Lipinski definition) is 2. The molecule has 2 aliphatic heterocycles. The zero-order chi connectivity index (χ0) is 14.1. The summed E-state index contributed by atoms with van der Waals surface area (Å²) in [6.45, 7) is 0. The number of benzene rings is 1. The van der Waals surface area contributed by atoms with E-state index < -0.39 is 0 Å². The number of nitrogen functional groups attached to an aromatic ring is 1. The smallest absolute Gasteiger partial charge is 0.101 e. The van der Waals surface area contributed by atoms with Crippen molar-refractivity contribution in [2.45, 2.75) is 50.2 Å². The van der Waals surface area contributed by atoms with Crippen molar-refractivity contribution in [3.05, 3.63) is 23.8 Å². The first-order valence-electron chi connectivity index (χ1n) is 7.46. The summed E-state index contributed by atoms with van der Waals surface area (Å²) in [6, 6.07) is 9.65. The zero-order valence-electron chi connectivity index (χ0n) is 12.0. The molecule has 0 aliphatic carbocycles. The maximum absolute atomic E-state index is 9.05. The number of hydrogen-bond acceptors (Lipinski definition) is 4. The molecule has 2 saturated heterocycles. The number of nitrogens with zero attached hydrogens (tertiary/aromatic N) is 2. The highest BCUT2D eigenvalue weighted by Gasteiger charge is 2.35. The van der Waals surface area contributed by atoms with Crippen LogP contribution in [0, 0.1) is 11.3 Å². The third-order valence-electron chi connectivity index (χ3n) is 4.93. The number of nitrogens with one attached hydrogen (secondary N) is 1. The molecule has 2 heterocycles. The standard InChI is InChI=1S/C16H22N4/c1-20-13-5-3-6-14(20)9-12(8-13)19-15-7-2-4-11(10-17)16(15)18/h2,4,7,12-14,19H,3,5-6,8-9,18H2,1H3. The van der Waals surface area contributed by atoms with Gasteiger partial charge in [0.1, 0.15) is 6.07 Å². The first kappa shape index (κ1) is 13.3. The predicted molar refractivity (Wildman–Crippen MR) is 81.4 cm³/mol. The number of rotatable bonds is 2. The third-order valence-corrected chi connectivity index (χ3v) is 4.93. The van der Waals surface area contributed by atoms with Gasteiger partial charge < -0.3 is 16.0 Å². The lowest BCUT2D eigenvalue weighted by Crippen LogP contribution is -2.52. The van der Waals surface area contributed by atoms with E-state index in [-0.39, 0.29) is 0 Å². The van der Waals surface area contributed by atoms with Crippen LogP contribution in [0.5, 0.6) is 0 Å². The van der Waals surface area contributed by atoms with Crippen LogP contribution < -0.4 is 11.1 Å². The van der Waals surface area contributed by atoms with Crippen LogP contribution in [0.15, 0.2) is 18.2 Å². The molecule has 0 amide bonds. The zero-order valence-corrected chi connectivity index (χ0v) is 12.0. The number of para-hydroxylation sites is 1. The second-order valence-corrected chi connectivity index (χ2v) is 6.10. The fourth-order valence-electron chi connectivity index (χ4n) is 3.74. The summed E-state index contributed by atoms with van der Waals surface area (Å²) in [4.78, 5) is 2.55. The highest BCUT2D eigenvalue weighted by atomic mass is 15.2. The van der Waals surface area contributed by atoms with E-state index in [9.17, 15) is 0 Å². The molecular weight excluding hydrogens is 248 g/mol. The maximum atomic E-state index is 9.05. The molecule has 3 N–H and O–H groups in total. The second-order valence-electron chi connectivity index (χ2n) is 6.10. The molecule has 2 atom stereocenters. The monoisotopic (exact) mass is 270 g/mol. The van der Waals surface area contributed by atoms with E-state index >= 15 is 0 Å². The number of piperidine rings is 2. The fourth-order valence-corrected chi connectivity index (χ4v) is 3.74. The summed E-state index contributed by atoms with van der Waals surface area (Å²) < 4.78 is 0. The lowest BCUT2D eigenvalue weighted by molar-refractivity contribution is 0.0608. The van der Waals surface area contributed by atoms with Gasteiger partial charge in [-0.25, -0.2) is 0 Å². The van der Waals surface area contributed by atoms with Gasteiger partial charge in [-0.1, -0.05) is 12.5 Å². The van der Waals surface area contributed by atoms with E-state index in [1.165, 1.54) is 32.1 Å². The van der Waals surface area contributed by atoms with Crippen LogP contribution in [0.3, 0.4) is 0 Å². The van der Waals surface area contributed by atoms with Crippen molar-refractivity contribution in [1.29, 1.82) is 5.26 Å². The van der Waals surface area contributed by atoms with Gasteiger partial charge >= 0.3 is 0 Å².